The lowest BCUT2D eigenvalue weighted by molar-refractivity contribution is 0.312. The van der Waals surface area contributed by atoms with Gasteiger partial charge in [-0.2, -0.15) is 4.98 Å². The number of rotatable bonds is 4. The predicted octanol–water partition coefficient (Wildman–Crippen LogP) is 3.33. The zero-order valence-electron chi connectivity index (χ0n) is 11.5. The fourth-order valence-corrected chi connectivity index (χ4v) is 3.73. The summed E-state index contributed by atoms with van der Waals surface area (Å²) in [4.78, 5) is 5.11. The summed E-state index contributed by atoms with van der Waals surface area (Å²) in [6, 6.07) is 1.73. The Bertz CT molecular complexity index is 599. The maximum Gasteiger partial charge on any atom is 0.229 e. The van der Waals surface area contributed by atoms with Crippen LogP contribution in [0, 0.1) is 6.92 Å². The largest absolute Gasteiger partial charge is 0.468 e. The van der Waals surface area contributed by atoms with Gasteiger partial charge in [-0.05, 0) is 25.8 Å². The van der Waals surface area contributed by atoms with Gasteiger partial charge in [-0.25, -0.2) is 0 Å². The minimum atomic E-state index is -1.19. The van der Waals surface area contributed by atoms with E-state index in [0.29, 0.717) is 28.3 Å². The molecule has 1 saturated carbocycles. The maximum absolute atomic E-state index is 12.2. The monoisotopic (exact) mass is 294 g/mol. The second-order valence-corrected chi connectivity index (χ2v) is 6.63. The number of hydrogen-bond donors (Lipinski definition) is 0. The Labute approximate surface area is 120 Å². The molecule has 0 saturated heterocycles. The Morgan fingerprint density at radius 3 is 2.85 bits per heavy atom. The van der Waals surface area contributed by atoms with Crippen molar-refractivity contribution in [3.05, 3.63) is 29.8 Å². The second kappa shape index (κ2) is 5.91. The first-order valence-corrected chi connectivity index (χ1v) is 8.31. The molecule has 0 radical (unpaired) electrons. The Kier molecular flexibility index (Phi) is 4.00. The zero-order chi connectivity index (χ0) is 13.9. The molecule has 108 valence electrons. The van der Waals surface area contributed by atoms with E-state index in [1.165, 1.54) is 19.3 Å². The third-order valence-electron chi connectivity index (χ3n) is 3.75. The summed E-state index contributed by atoms with van der Waals surface area (Å²) >= 11 is 0. The highest BCUT2D eigenvalue weighted by atomic mass is 32.2. The summed E-state index contributed by atoms with van der Waals surface area (Å²) < 4.78 is 22.7. The van der Waals surface area contributed by atoms with Gasteiger partial charge in [-0.3, -0.25) is 4.21 Å². The molecule has 0 spiro atoms. The van der Waals surface area contributed by atoms with Gasteiger partial charge in [0.1, 0.15) is 5.76 Å². The molecular formula is C14H18N2O3S. The third kappa shape index (κ3) is 2.85. The van der Waals surface area contributed by atoms with E-state index in [4.69, 9.17) is 8.94 Å². The predicted molar refractivity (Wildman–Crippen MR) is 73.7 cm³/mol. The molecule has 0 aromatic carbocycles. The molecule has 0 N–H and O–H groups in total. The molecule has 0 amide bonds. The first-order chi connectivity index (χ1) is 9.74. The van der Waals surface area contributed by atoms with Crippen LogP contribution in [0.3, 0.4) is 0 Å². The number of hydrogen-bond acceptors (Lipinski definition) is 5. The van der Waals surface area contributed by atoms with Gasteiger partial charge in [0, 0.05) is 5.92 Å². The quantitative estimate of drug-likeness (QED) is 0.865. The molecule has 0 unspecified atom stereocenters. The molecule has 1 atom stereocenters. The fraction of sp³-hybridized carbons (Fsp3) is 0.571. The van der Waals surface area contributed by atoms with Gasteiger partial charge >= 0.3 is 0 Å². The molecule has 2 heterocycles. The summed E-state index contributed by atoms with van der Waals surface area (Å²) in [6.07, 6.45) is 7.52. The number of aromatic nitrogens is 2. The minimum absolute atomic E-state index is 0.274. The van der Waals surface area contributed by atoms with Gasteiger partial charge in [0.25, 0.3) is 0 Å². The lowest BCUT2D eigenvalue weighted by atomic mass is 9.89. The summed E-state index contributed by atoms with van der Waals surface area (Å²) in [6.45, 7) is 1.80. The summed E-state index contributed by atoms with van der Waals surface area (Å²) in [5.74, 6) is 2.56. The molecule has 5 nitrogen and oxygen atoms in total. The van der Waals surface area contributed by atoms with Crippen LogP contribution in [0.2, 0.25) is 0 Å². The van der Waals surface area contributed by atoms with Crippen LogP contribution in [-0.4, -0.2) is 14.3 Å². The van der Waals surface area contributed by atoms with Gasteiger partial charge in [0.2, 0.25) is 5.89 Å². The average Bonchev–Trinajstić information content (AvgIpc) is 3.09. The molecule has 20 heavy (non-hydrogen) atoms. The van der Waals surface area contributed by atoms with Crippen molar-refractivity contribution in [1.29, 1.82) is 0 Å². The fourth-order valence-electron chi connectivity index (χ4n) is 2.65. The molecular weight excluding hydrogens is 276 g/mol. The smallest absolute Gasteiger partial charge is 0.229 e. The lowest BCUT2D eigenvalue weighted by Crippen LogP contribution is -2.05. The van der Waals surface area contributed by atoms with Gasteiger partial charge < -0.3 is 8.94 Å². The van der Waals surface area contributed by atoms with Crippen LogP contribution in [0.5, 0.6) is 0 Å². The van der Waals surface area contributed by atoms with E-state index < -0.39 is 10.8 Å². The van der Waals surface area contributed by atoms with Crippen molar-refractivity contribution in [2.45, 2.75) is 55.6 Å². The first-order valence-electron chi connectivity index (χ1n) is 6.99. The van der Waals surface area contributed by atoms with Crippen LogP contribution in [0.25, 0.3) is 0 Å². The molecule has 6 heteroatoms. The van der Waals surface area contributed by atoms with Crippen LogP contribution >= 0.6 is 0 Å². The minimum Gasteiger partial charge on any atom is -0.468 e. The van der Waals surface area contributed by atoms with Crippen molar-refractivity contribution in [1.82, 2.24) is 10.1 Å². The average molecular weight is 294 g/mol. The highest BCUT2D eigenvalue weighted by Gasteiger charge is 2.22. The molecule has 1 aliphatic carbocycles. The molecule has 1 fully saturated rings. The van der Waals surface area contributed by atoms with Gasteiger partial charge in [-0.1, -0.05) is 24.4 Å². The molecule has 1 aliphatic rings. The molecule has 2 aromatic rings. The Morgan fingerprint density at radius 1 is 1.35 bits per heavy atom. The number of furan rings is 1. The van der Waals surface area contributed by atoms with Crippen molar-refractivity contribution in [3.63, 3.8) is 0 Å². The standard InChI is InChI=1S/C14H18N2O3S/c1-10-12(7-8-18-10)20(17)9-13-15-14(19-16-13)11-5-3-2-4-6-11/h7-8,11H,2-6,9H2,1H3/t20-/m1/s1. The molecule has 0 bridgehead atoms. The number of aryl methyl sites for hydroxylation is 1. The highest BCUT2D eigenvalue weighted by Crippen LogP contribution is 2.31. The Morgan fingerprint density at radius 2 is 2.15 bits per heavy atom. The lowest BCUT2D eigenvalue weighted by Gasteiger charge is -2.17. The van der Waals surface area contributed by atoms with Crippen molar-refractivity contribution in [2.75, 3.05) is 0 Å². The van der Waals surface area contributed by atoms with Crippen molar-refractivity contribution in [3.8, 4) is 0 Å². The van der Waals surface area contributed by atoms with E-state index in [2.05, 4.69) is 10.1 Å². The SMILES string of the molecule is Cc1occc1[S@](=O)Cc1noc(C2CCCCC2)n1. The van der Waals surface area contributed by atoms with Crippen LogP contribution < -0.4 is 0 Å². The van der Waals surface area contributed by atoms with E-state index in [0.717, 1.165) is 12.8 Å². The Balaban J connectivity index is 1.68. The van der Waals surface area contributed by atoms with E-state index in [1.807, 2.05) is 0 Å². The van der Waals surface area contributed by atoms with E-state index in [9.17, 15) is 4.21 Å². The summed E-state index contributed by atoms with van der Waals surface area (Å²) in [5.41, 5.74) is 0. The van der Waals surface area contributed by atoms with Crippen molar-refractivity contribution in [2.24, 2.45) is 0 Å². The van der Waals surface area contributed by atoms with E-state index in [1.54, 1.807) is 19.3 Å². The van der Waals surface area contributed by atoms with E-state index >= 15 is 0 Å². The molecule has 2 aromatic heterocycles. The summed E-state index contributed by atoms with van der Waals surface area (Å²) in [5, 5.41) is 3.96. The normalized spacial score (nSPS) is 18.2. The topological polar surface area (TPSA) is 69.1 Å². The number of nitrogens with zero attached hydrogens (tertiary/aromatic N) is 2. The van der Waals surface area contributed by atoms with Crippen molar-refractivity contribution >= 4 is 10.8 Å². The Hall–Kier alpha value is -1.43. The molecule has 3 rings (SSSR count). The van der Waals surface area contributed by atoms with Gasteiger partial charge in [0.05, 0.1) is 27.7 Å². The van der Waals surface area contributed by atoms with Gasteiger partial charge in [0.15, 0.2) is 5.82 Å². The van der Waals surface area contributed by atoms with Crippen LogP contribution in [0.15, 0.2) is 26.2 Å². The zero-order valence-corrected chi connectivity index (χ0v) is 12.3. The van der Waals surface area contributed by atoms with E-state index in [-0.39, 0.29) is 5.75 Å². The second-order valence-electron chi connectivity index (χ2n) is 5.21. The first kappa shape index (κ1) is 13.5. The van der Waals surface area contributed by atoms with Crippen LogP contribution in [0.4, 0.5) is 0 Å². The third-order valence-corrected chi connectivity index (χ3v) is 5.19. The highest BCUT2D eigenvalue weighted by molar-refractivity contribution is 7.84. The molecule has 0 aliphatic heterocycles. The summed E-state index contributed by atoms with van der Waals surface area (Å²) in [7, 11) is -1.19. The van der Waals surface area contributed by atoms with Crippen LogP contribution in [-0.2, 0) is 16.6 Å². The van der Waals surface area contributed by atoms with Crippen molar-refractivity contribution < 1.29 is 13.1 Å². The van der Waals surface area contributed by atoms with Gasteiger partial charge in [-0.15, -0.1) is 0 Å². The van der Waals surface area contributed by atoms with Crippen LogP contribution in [0.1, 0.15) is 55.5 Å². The maximum atomic E-state index is 12.2.